The van der Waals surface area contributed by atoms with Crippen molar-refractivity contribution in [2.75, 3.05) is 0 Å². The quantitative estimate of drug-likeness (QED) is 0.890. The molecule has 0 aliphatic heterocycles. The van der Waals surface area contributed by atoms with E-state index in [2.05, 4.69) is 20.9 Å². The van der Waals surface area contributed by atoms with Crippen molar-refractivity contribution in [3.8, 4) is 10.6 Å². The maximum absolute atomic E-state index is 13.9. The fourth-order valence-electron chi connectivity index (χ4n) is 1.69. The van der Waals surface area contributed by atoms with Crippen LogP contribution >= 0.6 is 27.3 Å². The minimum absolute atomic E-state index is 0.0263. The average Bonchev–Trinajstić information content (AvgIpc) is 2.73. The van der Waals surface area contributed by atoms with Gasteiger partial charge in [-0.25, -0.2) is 14.2 Å². The summed E-state index contributed by atoms with van der Waals surface area (Å²) >= 11 is 4.27. The molecule has 0 spiro atoms. The number of thiazole rings is 1. The third-order valence-corrected chi connectivity index (χ3v) is 4.31. The van der Waals surface area contributed by atoms with Gasteiger partial charge in [-0.1, -0.05) is 19.9 Å². The van der Waals surface area contributed by atoms with Gasteiger partial charge in [-0.05, 0) is 34.0 Å². The monoisotopic (exact) mass is 343 g/mol. The summed E-state index contributed by atoms with van der Waals surface area (Å²) in [4.78, 5) is 15.7. The maximum atomic E-state index is 13.9. The normalized spacial score (nSPS) is 11.0. The van der Waals surface area contributed by atoms with Gasteiger partial charge in [0, 0.05) is 4.47 Å². The Labute approximate surface area is 122 Å². The van der Waals surface area contributed by atoms with Crippen LogP contribution in [0, 0.1) is 5.82 Å². The fourth-order valence-corrected chi connectivity index (χ4v) is 3.47. The van der Waals surface area contributed by atoms with E-state index in [4.69, 9.17) is 0 Å². The van der Waals surface area contributed by atoms with Crippen molar-refractivity contribution in [2.45, 2.75) is 19.8 Å². The molecule has 3 nitrogen and oxygen atoms in total. The van der Waals surface area contributed by atoms with Gasteiger partial charge in [0.2, 0.25) is 0 Å². The van der Waals surface area contributed by atoms with Crippen LogP contribution in [0.25, 0.3) is 10.6 Å². The van der Waals surface area contributed by atoms with Crippen LogP contribution in [-0.2, 0) is 0 Å². The molecule has 0 amide bonds. The highest BCUT2D eigenvalue weighted by Gasteiger charge is 2.22. The molecule has 19 heavy (non-hydrogen) atoms. The van der Waals surface area contributed by atoms with Crippen LogP contribution in [0.15, 0.2) is 22.7 Å². The van der Waals surface area contributed by atoms with E-state index < -0.39 is 11.8 Å². The van der Waals surface area contributed by atoms with Gasteiger partial charge in [-0.3, -0.25) is 0 Å². The van der Waals surface area contributed by atoms with Crippen LogP contribution in [0.4, 0.5) is 4.39 Å². The average molecular weight is 344 g/mol. The Morgan fingerprint density at radius 3 is 2.63 bits per heavy atom. The first-order valence-electron chi connectivity index (χ1n) is 5.60. The predicted octanol–water partition coefficient (Wildman–Crippen LogP) is 4.53. The van der Waals surface area contributed by atoms with E-state index in [0.29, 0.717) is 20.7 Å². The van der Waals surface area contributed by atoms with Gasteiger partial charge in [0.15, 0.2) is 0 Å². The molecule has 1 aromatic carbocycles. The van der Waals surface area contributed by atoms with Crippen molar-refractivity contribution in [1.29, 1.82) is 0 Å². The Morgan fingerprint density at radius 2 is 2.16 bits per heavy atom. The van der Waals surface area contributed by atoms with Crippen LogP contribution in [0.1, 0.15) is 35.1 Å². The first-order chi connectivity index (χ1) is 8.91. The second-order valence-corrected chi connectivity index (χ2v) is 6.14. The van der Waals surface area contributed by atoms with E-state index in [0.717, 1.165) is 11.3 Å². The van der Waals surface area contributed by atoms with E-state index in [-0.39, 0.29) is 10.8 Å². The SMILES string of the molecule is CC(C)c1nc(-c2c(F)cccc2Br)sc1C(=O)O. The number of hydrogen-bond acceptors (Lipinski definition) is 3. The summed E-state index contributed by atoms with van der Waals surface area (Å²) in [6.07, 6.45) is 0. The van der Waals surface area contributed by atoms with Crippen molar-refractivity contribution < 1.29 is 14.3 Å². The Balaban J connectivity index is 2.64. The number of rotatable bonds is 3. The lowest BCUT2D eigenvalue weighted by molar-refractivity contribution is 0.0700. The Bertz CT molecular complexity index is 619. The summed E-state index contributed by atoms with van der Waals surface area (Å²) in [7, 11) is 0. The lowest BCUT2D eigenvalue weighted by Gasteiger charge is -2.02. The minimum atomic E-state index is -1.03. The molecule has 0 aliphatic rings. The van der Waals surface area contributed by atoms with Gasteiger partial charge in [0.05, 0.1) is 11.3 Å². The first kappa shape index (κ1) is 14.1. The highest BCUT2D eigenvalue weighted by Crippen LogP contribution is 2.36. The number of carbonyl (C=O) groups is 1. The molecule has 0 fully saturated rings. The van der Waals surface area contributed by atoms with E-state index in [1.807, 2.05) is 13.8 Å². The summed E-state index contributed by atoms with van der Waals surface area (Å²) in [5, 5.41) is 9.56. The third kappa shape index (κ3) is 2.69. The highest BCUT2D eigenvalue weighted by molar-refractivity contribution is 9.10. The number of carboxylic acids is 1. The van der Waals surface area contributed by atoms with Crippen molar-refractivity contribution in [2.24, 2.45) is 0 Å². The van der Waals surface area contributed by atoms with Crippen molar-refractivity contribution in [3.05, 3.63) is 39.1 Å². The van der Waals surface area contributed by atoms with Crippen molar-refractivity contribution >= 4 is 33.2 Å². The number of nitrogens with zero attached hydrogens (tertiary/aromatic N) is 1. The molecule has 0 saturated carbocycles. The van der Waals surface area contributed by atoms with Gasteiger partial charge in [0.1, 0.15) is 15.7 Å². The van der Waals surface area contributed by atoms with Crippen molar-refractivity contribution in [3.63, 3.8) is 0 Å². The van der Waals surface area contributed by atoms with E-state index in [9.17, 15) is 14.3 Å². The molecule has 1 aromatic heterocycles. The van der Waals surface area contributed by atoms with Gasteiger partial charge in [-0.2, -0.15) is 0 Å². The second kappa shape index (κ2) is 5.38. The molecule has 0 bridgehead atoms. The molecule has 0 atom stereocenters. The topological polar surface area (TPSA) is 50.2 Å². The Kier molecular flexibility index (Phi) is 4.01. The molecular formula is C13H11BrFNO2S. The van der Waals surface area contributed by atoms with E-state index >= 15 is 0 Å². The van der Waals surface area contributed by atoms with Crippen LogP contribution in [0.5, 0.6) is 0 Å². The molecule has 0 unspecified atom stereocenters. The Hall–Kier alpha value is -1.27. The summed E-state index contributed by atoms with van der Waals surface area (Å²) < 4.78 is 14.4. The Morgan fingerprint density at radius 1 is 1.47 bits per heavy atom. The van der Waals surface area contributed by atoms with E-state index in [1.54, 1.807) is 12.1 Å². The number of carboxylic acid groups (broad SMARTS) is 1. The number of benzene rings is 1. The van der Waals surface area contributed by atoms with Gasteiger partial charge in [-0.15, -0.1) is 11.3 Å². The lowest BCUT2D eigenvalue weighted by atomic mass is 10.1. The molecule has 0 saturated heterocycles. The zero-order valence-electron chi connectivity index (χ0n) is 10.3. The molecule has 0 radical (unpaired) electrons. The van der Waals surface area contributed by atoms with Crippen molar-refractivity contribution in [1.82, 2.24) is 4.98 Å². The van der Waals surface area contributed by atoms with Crippen LogP contribution in [-0.4, -0.2) is 16.1 Å². The molecule has 1 N–H and O–H groups in total. The minimum Gasteiger partial charge on any atom is -0.477 e. The molecule has 6 heteroatoms. The zero-order valence-corrected chi connectivity index (χ0v) is 12.7. The van der Waals surface area contributed by atoms with E-state index in [1.165, 1.54) is 6.07 Å². The highest BCUT2D eigenvalue weighted by atomic mass is 79.9. The summed E-state index contributed by atoms with van der Waals surface area (Å²) in [5.41, 5.74) is 0.796. The maximum Gasteiger partial charge on any atom is 0.347 e. The summed E-state index contributed by atoms with van der Waals surface area (Å²) in [5.74, 6) is -1.48. The molecule has 100 valence electrons. The predicted molar refractivity (Wildman–Crippen MR) is 76.3 cm³/mol. The van der Waals surface area contributed by atoms with Crippen LogP contribution in [0.3, 0.4) is 0 Å². The van der Waals surface area contributed by atoms with Gasteiger partial charge < -0.3 is 5.11 Å². The van der Waals surface area contributed by atoms with Gasteiger partial charge in [0.25, 0.3) is 0 Å². The second-order valence-electron chi connectivity index (χ2n) is 4.29. The molecule has 1 heterocycles. The fraction of sp³-hybridized carbons (Fsp3) is 0.231. The van der Waals surface area contributed by atoms with Crippen LogP contribution < -0.4 is 0 Å². The molecule has 2 aromatic rings. The number of hydrogen-bond donors (Lipinski definition) is 1. The third-order valence-electron chi connectivity index (χ3n) is 2.57. The number of aromatic nitrogens is 1. The number of aromatic carboxylic acids is 1. The molecule has 2 rings (SSSR count). The molecular weight excluding hydrogens is 333 g/mol. The zero-order chi connectivity index (χ0) is 14.2. The lowest BCUT2D eigenvalue weighted by Crippen LogP contribution is -2.00. The van der Waals surface area contributed by atoms with Crippen LogP contribution in [0.2, 0.25) is 0 Å². The largest absolute Gasteiger partial charge is 0.477 e. The first-order valence-corrected chi connectivity index (χ1v) is 7.21. The smallest absolute Gasteiger partial charge is 0.347 e. The standard InChI is InChI=1S/C13H11BrFNO2S/c1-6(2)10-11(13(17)18)19-12(16-10)9-7(14)4-3-5-8(9)15/h3-6H,1-2H3,(H,17,18). The molecule has 0 aliphatic carbocycles. The summed E-state index contributed by atoms with van der Waals surface area (Å²) in [6.45, 7) is 3.73. The summed E-state index contributed by atoms with van der Waals surface area (Å²) in [6, 6.07) is 4.62. The number of halogens is 2. The van der Waals surface area contributed by atoms with Gasteiger partial charge >= 0.3 is 5.97 Å².